The second kappa shape index (κ2) is 5.49. The molecule has 0 amide bonds. The third-order valence-corrected chi connectivity index (χ3v) is 3.25. The average Bonchev–Trinajstić information content (AvgIpc) is 2.77. The molecular weight excluding hydrogens is 256 g/mol. The van der Waals surface area contributed by atoms with E-state index in [9.17, 15) is 8.78 Å². The first-order chi connectivity index (χ1) is 8.59. The molecule has 1 heterocycles. The van der Waals surface area contributed by atoms with Crippen LogP contribution in [0, 0.1) is 0 Å². The molecule has 2 aromatic rings. The number of benzene rings is 1. The maximum atomic E-state index is 12.5. The second-order valence-electron chi connectivity index (χ2n) is 3.82. The number of nitrogens with zero attached hydrogens (tertiary/aromatic N) is 2. The van der Waals surface area contributed by atoms with Crippen molar-refractivity contribution >= 4 is 11.8 Å². The Hall–Kier alpha value is -1.40. The monoisotopic (exact) mass is 269 g/mol. The van der Waals surface area contributed by atoms with Gasteiger partial charge in [0.05, 0.1) is 23.9 Å². The first-order valence-electron chi connectivity index (χ1n) is 5.41. The van der Waals surface area contributed by atoms with Gasteiger partial charge in [-0.2, -0.15) is 8.78 Å². The van der Waals surface area contributed by atoms with E-state index in [0.717, 1.165) is 5.69 Å². The number of aromatic nitrogens is 2. The molecular formula is C12H13F2N3S. The molecule has 0 bridgehead atoms. The van der Waals surface area contributed by atoms with Crippen molar-refractivity contribution in [2.75, 3.05) is 0 Å². The molecule has 0 saturated heterocycles. The lowest BCUT2D eigenvalue weighted by Crippen LogP contribution is -2.11. The molecule has 0 aliphatic heterocycles. The van der Waals surface area contributed by atoms with Crippen LogP contribution in [0.4, 0.5) is 8.78 Å². The minimum absolute atomic E-state index is 0.211. The molecule has 0 aliphatic rings. The van der Waals surface area contributed by atoms with Crippen molar-refractivity contribution in [2.24, 2.45) is 5.73 Å². The number of hydrogen-bond acceptors (Lipinski definition) is 3. The van der Waals surface area contributed by atoms with Crippen LogP contribution in [0.1, 0.15) is 18.7 Å². The van der Waals surface area contributed by atoms with Crippen LogP contribution in [-0.2, 0) is 0 Å². The summed E-state index contributed by atoms with van der Waals surface area (Å²) in [4.78, 5) is 4.53. The van der Waals surface area contributed by atoms with Crippen molar-refractivity contribution in [3.05, 3.63) is 42.5 Å². The van der Waals surface area contributed by atoms with E-state index in [0.29, 0.717) is 22.3 Å². The van der Waals surface area contributed by atoms with Gasteiger partial charge in [0, 0.05) is 10.9 Å². The lowest BCUT2D eigenvalue weighted by Gasteiger charge is -2.14. The third-order valence-electron chi connectivity index (χ3n) is 2.47. The van der Waals surface area contributed by atoms with Crippen molar-refractivity contribution in [1.82, 2.24) is 9.55 Å². The fourth-order valence-corrected chi connectivity index (χ4v) is 2.33. The number of halogens is 2. The van der Waals surface area contributed by atoms with E-state index in [1.165, 1.54) is 0 Å². The molecule has 1 atom stereocenters. The van der Waals surface area contributed by atoms with Crippen LogP contribution >= 0.6 is 11.8 Å². The molecule has 1 aromatic carbocycles. The van der Waals surface area contributed by atoms with Gasteiger partial charge in [-0.3, -0.25) is 0 Å². The largest absolute Gasteiger partial charge is 0.323 e. The SMILES string of the molecule is C[C@H](N)c1cncn1-c1ccccc1SC(F)F. The summed E-state index contributed by atoms with van der Waals surface area (Å²) in [6.45, 7) is 1.83. The Labute approximate surface area is 108 Å². The highest BCUT2D eigenvalue weighted by atomic mass is 32.2. The van der Waals surface area contributed by atoms with E-state index in [-0.39, 0.29) is 6.04 Å². The van der Waals surface area contributed by atoms with Crippen LogP contribution in [0.15, 0.2) is 41.7 Å². The molecule has 0 spiro atoms. The summed E-state index contributed by atoms with van der Waals surface area (Å²) in [5, 5.41) is 0. The van der Waals surface area contributed by atoms with Crippen molar-refractivity contribution < 1.29 is 8.78 Å². The summed E-state index contributed by atoms with van der Waals surface area (Å²) in [5.41, 5.74) is 7.29. The molecule has 1 aromatic heterocycles. The zero-order valence-corrected chi connectivity index (χ0v) is 10.6. The lowest BCUT2D eigenvalue weighted by atomic mass is 10.2. The number of nitrogens with two attached hydrogens (primary N) is 1. The number of imidazole rings is 1. The van der Waals surface area contributed by atoms with Gasteiger partial charge in [0.25, 0.3) is 5.76 Å². The highest BCUT2D eigenvalue weighted by molar-refractivity contribution is 7.99. The summed E-state index contributed by atoms with van der Waals surface area (Å²) in [6.07, 6.45) is 3.23. The van der Waals surface area contributed by atoms with Crippen LogP contribution in [0.3, 0.4) is 0 Å². The van der Waals surface area contributed by atoms with Crippen molar-refractivity contribution in [3.63, 3.8) is 0 Å². The van der Waals surface area contributed by atoms with E-state index in [4.69, 9.17) is 5.73 Å². The number of thioether (sulfide) groups is 1. The predicted molar refractivity (Wildman–Crippen MR) is 68.0 cm³/mol. The summed E-state index contributed by atoms with van der Waals surface area (Å²) in [5.74, 6) is -2.45. The predicted octanol–water partition coefficient (Wildman–Crippen LogP) is 3.21. The topological polar surface area (TPSA) is 43.8 Å². The van der Waals surface area contributed by atoms with Gasteiger partial charge in [-0.15, -0.1) is 0 Å². The van der Waals surface area contributed by atoms with Gasteiger partial charge in [0.1, 0.15) is 0 Å². The standard InChI is InChI=1S/C12H13F2N3S/c1-8(15)10-6-16-7-17(10)9-4-2-3-5-11(9)18-12(13)14/h2-8,12H,15H2,1H3/t8-/m0/s1. The molecule has 96 valence electrons. The zero-order chi connectivity index (χ0) is 13.1. The lowest BCUT2D eigenvalue weighted by molar-refractivity contribution is 0.252. The maximum Gasteiger partial charge on any atom is 0.288 e. The van der Waals surface area contributed by atoms with Crippen LogP contribution in [0.2, 0.25) is 0 Å². The molecule has 6 heteroatoms. The Morgan fingerprint density at radius 3 is 2.72 bits per heavy atom. The highest BCUT2D eigenvalue weighted by Gasteiger charge is 2.14. The Kier molecular flexibility index (Phi) is 3.98. The van der Waals surface area contributed by atoms with E-state index in [1.54, 1.807) is 41.4 Å². The van der Waals surface area contributed by atoms with E-state index in [1.807, 2.05) is 6.92 Å². The second-order valence-corrected chi connectivity index (χ2v) is 4.86. The van der Waals surface area contributed by atoms with Crippen LogP contribution in [-0.4, -0.2) is 15.3 Å². The third kappa shape index (κ3) is 2.70. The zero-order valence-electron chi connectivity index (χ0n) is 9.75. The number of alkyl halides is 2. The minimum atomic E-state index is -2.45. The highest BCUT2D eigenvalue weighted by Crippen LogP contribution is 2.31. The molecule has 0 fully saturated rings. The molecule has 2 rings (SSSR count). The normalized spacial score (nSPS) is 12.9. The summed E-state index contributed by atoms with van der Waals surface area (Å²) in [7, 11) is 0. The fourth-order valence-electron chi connectivity index (χ4n) is 1.70. The van der Waals surface area contributed by atoms with Gasteiger partial charge in [-0.25, -0.2) is 4.98 Å². The first-order valence-corrected chi connectivity index (χ1v) is 6.29. The smallest absolute Gasteiger partial charge is 0.288 e. The van der Waals surface area contributed by atoms with Crippen molar-refractivity contribution in [1.29, 1.82) is 0 Å². The van der Waals surface area contributed by atoms with Gasteiger partial charge < -0.3 is 10.3 Å². The van der Waals surface area contributed by atoms with Crippen LogP contribution < -0.4 is 5.73 Å². The average molecular weight is 269 g/mol. The molecule has 18 heavy (non-hydrogen) atoms. The molecule has 2 N–H and O–H groups in total. The van der Waals surface area contributed by atoms with Gasteiger partial charge in [0.2, 0.25) is 0 Å². The molecule has 0 radical (unpaired) electrons. The minimum Gasteiger partial charge on any atom is -0.323 e. The van der Waals surface area contributed by atoms with Crippen LogP contribution in [0.5, 0.6) is 0 Å². The summed E-state index contributed by atoms with van der Waals surface area (Å²) >= 11 is 0.521. The summed E-state index contributed by atoms with van der Waals surface area (Å²) in [6, 6.07) is 6.76. The van der Waals surface area contributed by atoms with Gasteiger partial charge in [-0.05, 0) is 19.1 Å². The quantitative estimate of drug-likeness (QED) is 0.867. The van der Waals surface area contributed by atoms with Gasteiger partial charge >= 0.3 is 0 Å². The number of hydrogen-bond donors (Lipinski definition) is 1. The maximum absolute atomic E-state index is 12.5. The first kappa shape index (κ1) is 13.0. The molecule has 0 aliphatic carbocycles. The van der Waals surface area contributed by atoms with Crippen LogP contribution in [0.25, 0.3) is 5.69 Å². The molecule has 0 unspecified atom stereocenters. The van der Waals surface area contributed by atoms with Crippen molar-refractivity contribution in [2.45, 2.75) is 23.6 Å². The van der Waals surface area contributed by atoms with Gasteiger partial charge in [-0.1, -0.05) is 23.9 Å². The van der Waals surface area contributed by atoms with Gasteiger partial charge in [0.15, 0.2) is 0 Å². The summed E-state index contributed by atoms with van der Waals surface area (Å²) < 4.78 is 26.8. The fraction of sp³-hybridized carbons (Fsp3) is 0.250. The van der Waals surface area contributed by atoms with E-state index < -0.39 is 5.76 Å². The molecule has 3 nitrogen and oxygen atoms in total. The van der Waals surface area contributed by atoms with E-state index >= 15 is 0 Å². The Morgan fingerprint density at radius 2 is 2.06 bits per heavy atom. The Bertz CT molecular complexity index is 526. The number of rotatable bonds is 4. The Morgan fingerprint density at radius 1 is 1.33 bits per heavy atom. The Balaban J connectivity index is 2.46. The van der Waals surface area contributed by atoms with E-state index in [2.05, 4.69) is 4.98 Å². The van der Waals surface area contributed by atoms with Crippen molar-refractivity contribution in [3.8, 4) is 5.69 Å². The number of para-hydroxylation sites is 1. The molecule has 0 saturated carbocycles.